The number of thiazole rings is 1. The summed E-state index contributed by atoms with van der Waals surface area (Å²) in [7, 11) is 0. The number of pyridine rings is 1. The summed E-state index contributed by atoms with van der Waals surface area (Å²) in [6, 6.07) is 3.79. The fourth-order valence-corrected chi connectivity index (χ4v) is 1.98. The normalized spacial score (nSPS) is 10.2. The van der Waals surface area contributed by atoms with E-state index in [1.54, 1.807) is 6.20 Å². The van der Waals surface area contributed by atoms with E-state index in [4.69, 9.17) is 5.73 Å². The summed E-state index contributed by atoms with van der Waals surface area (Å²) >= 11 is 4.82. The van der Waals surface area contributed by atoms with Crippen LogP contribution in [0.3, 0.4) is 0 Å². The number of anilines is 1. The van der Waals surface area contributed by atoms with Crippen molar-refractivity contribution in [2.75, 3.05) is 5.73 Å². The van der Waals surface area contributed by atoms with Crippen molar-refractivity contribution < 1.29 is 0 Å². The van der Waals surface area contributed by atoms with E-state index in [1.807, 2.05) is 17.5 Å². The van der Waals surface area contributed by atoms with Gasteiger partial charge in [-0.1, -0.05) is 0 Å². The first-order chi connectivity index (χ1) is 6.27. The number of nitrogens with zero attached hydrogens (tertiary/aromatic N) is 2. The second-order valence-corrected chi connectivity index (χ2v) is 4.15. The zero-order chi connectivity index (χ0) is 9.26. The van der Waals surface area contributed by atoms with Crippen molar-refractivity contribution in [3.05, 3.63) is 28.2 Å². The molecule has 0 radical (unpaired) electrons. The first kappa shape index (κ1) is 8.65. The number of hydrogen-bond acceptors (Lipinski definition) is 4. The third-order valence-corrected chi connectivity index (χ3v) is 2.84. The van der Waals surface area contributed by atoms with Crippen molar-refractivity contribution in [2.45, 2.75) is 0 Å². The predicted molar refractivity (Wildman–Crippen MR) is 57.5 cm³/mol. The molecule has 0 atom stereocenters. The van der Waals surface area contributed by atoms with Gasteiger partial charge in [0.2, 0.25) is 0 Å². The van der Waals surface area contributed by atoms with Crippen molar-refractivity contribution in [1.82, 2.24) is 9.97 Å². The Bertz CT molecular complexity index is 427. The molecule has 0 bridgehead atoms. The predicted octanol–water partition coefficient (Wildman–Crippen LogP) is 2.55. The number of halogens is 1. The van der Waals surface area contributed by atoms with Crippen molar-refractivity contribution in [3.8, 4) is 11.4 Å². The average molecular weight is 256 g/mol. The Labute approximate surface area is 87.8 Å². The molecule has 3 nitrogen and oxygen atoms in total. The van der Waals surface area contributed by atoms with E-state index in [0.717, 1.165) is 15.9 Å². The summed E-state index contributed by atoms with van der Waals surface area (Å²) in [5.74, 6) is 0. The third kappa shape index (κ3) is 1.71. The third-order valence-electron chi connectivity index (χ3n) is 1.52. The maximum Gasteiger partial charge on any atom is 0.180 e. The van der Waals surface area contributed by atoms with Gasteiger partial charge in [-0.2, -0.15) is 0 Å². The lowest BCUT2D eigenvalue weighted by Crippen LogP contribution is -1.86. The topological polar surface area (TPSA) is 51.8 Å². The standard InChI is InChI=1S/C8H6BrN3S/c9-5-2-1-3-11-7(5)6-4-13-8(10)12-6/h1-4H,(H2,10,12). The quantitative estimate of drug-likeness (QED) is 0.853. The van der Waals surface area contributed by atoms with Crippen molar-refractivity contribution >= 4 is 32.4 Å². The van der Waals surface area contributed by atoms with Crippen molar-refractivity contribution in [3.63, 3.8) is 0 Å². The summed E-state index contributed by atoms with van der Waals surface area (Å²) in [5, 5.41) is 2.45. The fourth-order valence-electron chi connectivity index (χ4n) is 0.971. The zero-order valence-corrected chi connectivity index (χ0v) is 8.97. The number of nitrogen functional groups attached to an aromatic ring is 1. The Balaban J connectivity index is 2.52. The summed E-state index contributed by atoms with van der Waals surface area (Å²) in [6.07, 6.45) is 1.73. The molecule has 0 unspecified atom stereocenters. The van der Waals surface area contributed by atoms with Gasteiger partial charge in [-0.05, 0) is 28.1 Å². The molecule has 2 heterocycles. The molecule has 0 aliphatic heterocycles. The highest BCUT2D eigenvalue weighted by atomic mass is 79.9. The molecular formula is C8H6BrN3S. The minimum Gasteiger partial charge on any atom is -0.375 e. The molecular weight excluding hydrogens is 250 g/mol. The molecule has 0 saturated carbocycles. The minimum absolute atomic E-state index is 0.563. The smallest absolute Gasteiger partial charge is 0.180 e. The molecule has 0 saturated heterocycles. The molecule has 2 rings (SSSR count). The number of hydrogen-bond donors (Lipinski definition) is 1. The summed E-state index contributed by atoms with van der Waals surface area (Å²) in [5.41, 5.74) is 7.17. The molecule has 2 aromatic rings. The molecule has 0 amide bonds. The molecule has 0 aromatic carbocycles. The van der Waals surface area contributed by atoms with Crippen LogP contribution in [0.1, 0.15) is 0 Å². The lowest BCUT2D eigenvalue weighted by atomic mass is 10.3. The Hall–Kier alpha value is -0.940. The highest BCUT2D eigenvalue weighted by Crippen LogP contribution is 2.27. The summed E-state index contributed by atoms with van der Waals surface area (Å²) < 4.78 is 0.931. The van der Waals surface area contributed by atoms with E-state index in [1.165, 1.54) is 11.3 Å². The lowest BCUT2D eigenvalue weighted by Gasteiger charge is -1.97. The molecule has 0 fully saturated rings. The van der Waals surface area contributed by atoms with E-state index >= 15 is 0 Å². The van der Waals surface area contributed by atoms with Gasteiger partial charge in [-0.25, -0.2) is 4.98 Å². The molecule has 0 aliphatic rings. The second kappa shape index (κ2) is 3.43. The second-order valence-electron chi connectivity index (χ2n) is 2.40. The fraction of sp³-hybridized carbons (Fsp3) is 0. The Kier molecular flexibility index (Phi) is 2.28. The van der Waals surface area contributed by atoms with Crippen LogP contribution in [0.4, 0.5) is 5.13 Å². The maximum absolute atomic E-state index is 5.53. The van der Waals surface area contributed by atoms with Gasteiger partial charge in [0.1, 0.15) is 11.4 Å². The van der Waals surface area contributed by atoms with Crippen LogP contribution in [-0.4, -0.2) is 9.97 Å². The number of nitrogens with two attached hydrogens (primary N) is 1. The molecule has 0 spiro atoms. The highest BCUT2D eigenvalue weighted by Gasteiger charge is 2.06. The molecule has 2 aromatic heterocycles. The Morgan fingerprint density at radius 2 is 2.31 bits per heavy atom. The van der Waals surface area contributed by atoms with E-state index in [-0.39, 0.29) is 0 Å². The van der Waals surface area contributed by atoms with Crippen LogP contribution >= 0.6 is 27.3 Å². The van der Waals surface area contributed by atoms with Gasteiger partial charge in [0.05, 0.1) is 0 Å². The van der Waals surface area contributed by atoms with Crippen LogP contribution < -0.4 is 5.73 Å². The number of rotatable bonds is 1. The molecule has 0 aliphatic carbocycles. The average Bonchev–Trinajstić information content (AvgIpc) is 2.53. The van der Waals surface area contributed by atoms with E-state index in [0.29, 0.717) is 5.13 Å². The van der Waals surface area contributed by atoms with Gasteiger partial charge in [-0.3, -0.25) is 4.98 Å². The zero-order valence-electron chi connectivity index (χ0n) is 6.57. The van der Waals surface area contributed by atoms with Gasteiger partial charge in [0.25, 0.3) is 0 Å². The van der Waals surface area contributed by atoms with Gasteiger partial charge < -0.3 is 5.73 Å². The van der Waals surface area contributed by atoms with Crippen molar-refractivity contribution in [2.24, 2.45) is 0 Å². The van der Waals surface area contributed by atoms with E-state index in [9.17, 15) is 0 Å². The summed E-state index contributed by atoms with van der Waals surface area (Å²) in [6.45, 7) is 0. The van der Waals surface area contributed by atoms with Gasteiger partial charge in [-0.15, -0.1) is 11.3 Å². The van der Waals surface area contributed by atoms with Gasteiger partial charge >= 0.3 is 0 Å². The van der Waals surface area contributed by atoms with Crippen LogP contribution in [0.2, 0.25) is 0 Å². The van der Waals surface area contributed by atoms with Crippen LogP contribution in [-0.2, 0) is 0 Å². The van der Waals surface area contributed by atoms with E-state index < -0.39 is 0 Å². The Morgan fingerprint density at radius 3 is 2.92 bits per heavy atom. The highest BCUT2D eigenvalue weighted by molar-refractivity contribution is 9.10. The maximum atomic E-state index is 5.53. The van der Waals surface area contributed by atoms with Gasteiger partial charge in [0.15, 0.2) is 5.13 Å². The molecule has 2 N–H and O–H groups in total. The molecule has 5 heteroatoms. The minimum atomic E-state index is 0.563. The first-order valence-electron chi connectivity index (χ1n) is 3.59. The first-order valence-corrected chi connectivity index (χ1v) is 5.26. The van der Waals surface area contributed by atoms with Crippen LogP contribution in [0.25, 0.3) is 11.4 Å². The summed E-state index contributed by atoms with van der Waals surface area (Å²) in [4.78, 5) is 8.35. The van der Waals surface area contributed by atoms with E-state index in [2.05, 4.69) is 25.9 Å². The Morgan fingerprint density at radius 1 is 1.46 bits per heavy atom. The lowest BCUT2D eigenvalue weighted by molar-refractivity contribution is 1.27. The molecule has 13 heavy (non-hydrogen) atoms. The number of aromatic nitrogens is 2. The van der Waals surface area contributed by atoms with Crippen molar-refractivity contribution in [1.29, 1.82) is 0 Å². The molecule has 66 valence electrons. The SMILES string of the molecule is Nc1nc(-c2ncccc2Br)cs1. The van der Waals surface area contributed by atoms with Crippen LogP contribution in [0.5, 0.6) is 0 Å². The monoisotopic (exact) mass is 255 g/mol. The van der Waals surface area contributed by atoms with Crippen LogP contribution in [0, 0.1) is 0 Å². The van der Waals surface area contributed by atoms with Gasteiger partial charge in [0, 0.05) is 16.0 Å². The van der Waals surface area contributed by atoms with Crippen LogP contribution in [0.15, 0.2) is 28.2 Å². The largest absolute Gasteiger partial charge is 0.375 e.